The first-order valence-corrected chi connectivity index (χ1v) is 3.62. The van der Waals surface area contributed by atoms with E-state index in [0.29, 0.717) is 11.3 Å². The Hall–Kier alpha value is -1.51. The fourth-order valence-electron chi connectivity index (χ4n) is 0.993. The second kappa shape index (κ2) is 3.76. The van der Waals surface area contributed by atoms with Gasteiger partial charge in [-0.25, -0.2) is 0 Å². The van der Waals surface area contributed by atoms with Gasteiger partial charge in [0.2, 0.25) is 0 Å². The van der Waals surface area contributed by atoms with Crippen molar-refractivity contribution in [1.29, 1.82) is 0 Å². The average molecular weight is 165 g/mol. The lowest BCUT2D eigenvalue weighted by Crippen LogP contribution is -1.94. The number of aldehydes is 1. The summed E-state index contributed by atoms with van der Waals surface area (Å²) in [5, 5.41) is 2.91. The van der Waals surface area contributed by atoms with Crippen LogP contribution in [-0.2, 0) is 0 Å². The molecule has 1 N–H and O–H groups in total. The Morgan fingerprint density at radius 1 is 1.50 bits per heavy atom. The van der Waals surface area contributed by atoms with Gasteiger partial charge in [-0.3, -0.25) is 4.79 Å². The smallest absolute Gasteiger partial charge is 0.152 e. The third kappa shape index (κ3) is 1.56. The largest absolute Gasteiger partial charge is 0.497 e. The van der Waals surface area contributed by atoms with Crippen LogP contribution in [0, 0.1) is 0 Å². The van der Waals surface area contributed by atoms with Crippen LogP contribution in [0.15, 0.2) is 18.2 Å². The highest BCUT2D eigenvalue weighted by atomic mass is 16.5. The lowest BCUT2D eigenvalue weighted by Gasteiger charge is -2.05. The zero-order valence-corrected chi connectivity index (χ0v) is 7.13. The molecule has 0 heterocycles. The summed E-state index contributed by atoms with van der Waals surface area (Å²) in [6.07, 6.45) is 0.800. The molecular weight excluding hydrogens is 154 g/mol. The highest BCUT2D eigenvalue weighted by Crippen LogP contribution is 2.19. The molecule has 0 aromatic heterocycles. The number of nitrogens with one attached hydrogen (secondary N) is 1. The molecule has 0 unspecified atom stereocenters. The van der Waals surface area contributed by atoms with Gasteiger partial charge in [-0.05, 0) is 18.2 Å². The van der Waals surface area contributed by atoms with Crippen molar-refractivity contribution in [3.8, 4) is 5.75 Å². The Morgan fingerprint density at radius 3 is 2.75 bits per heavy atom. The van der Waals surface area contributed by atoms with Crippen molar-refractivity contribution in [1.82, 2.24) is 0 Å². The topological polar surface area (TPSA) is 38.3 Å². The molecule has 1 aromatic carbocycles. The molecule has 0 radical (unpaired) electrons. The lowest BCUT2D eigenvalue weighted by atomic mass is 10.2. The second-order valence-electron chi connectivity index (χ2n) is 2.32. The molecule has 1 rings (SSSR count). The Balaban J connectivity index is 3.10. The molecular formula is C9H11NO2. The Labute approximate surface area is 71.4 Å². The summed E-state index contributed by atoms with van der Waals surface area (Å²) in [7, 11) is 3.35. The molecule has 64 valence electrons. The van der Waals surface area contributed by atoms with Crippen LogP contribution in [-0.4, -0.2) is 20.4 Å². The normalized spacial score (nSPS) is 9.17. The van der Waals surface area contributed by atoms with Gasteiger partial charge in [0, 0.05) is 18.3 Å². The van der Waals surface area contributed by atoms with E-state index in [1.54, 1.807) is 26.3 Å². The summed E-state index contributed by atoms with van der Waals surface area (Å²) in [4.78, 5) is 10.6. The maximum Gasteiger partial charge on any atom is 0.152 e. The maximum atomic E-state index is 10.6. The van der Waals surface area contributed by atoms with E-state index in [0.717, 1.165) is 12.0 Å². The van der Waals surface area contributed by atoms with E-state index in [2.05, 4.69) is 5.32 Å². The summed E-state index contributed by atoms with van der Waals surface area (Å²) < 4.78 is 4.97. The van der Waals surface area contributed by atoms with Gasteiger partial charge in [0.25, 0.3) is 0 Å². The van der Waals surface area contributed by atoms with E-state index < -0.39 is 0 Å². The fraction of sp³-hybridized carbons (Fsp3) is 0.222. The number of carbonyl (C=O) groups is 1. The number of ether oxygens (including phenoxy) is 1. The van der Waals surface area contributed by atoms with Crippen molar-refractivity contribution in [2.24, 2.45) is 0 Å². The van der Waals surface area contributed by atoms with Crippen molar-refractivity contribution in [3.63, 3.8) is 0 Å². The molecule has 0 spiro atoms. The van der Waals surface area contributed by atoms with Gasteiger partial charge in [0.15, 0.2) is 6.29 Å². The molecule has 0 atom stereocenters. The molecule has 0 fully saturated rings. The third-order valence-corrected chi connectivity index (χ3v) is 1.66. The minimum atomic E-state index is 0.608. The highest BCUT2D eigenvalue weighted by Gasteiger charge is 2.00. The van der Waals surface area contributed by atoms with Crippen LogP contribution in [0.25, 0.3) is 0 Å². The van der Waals surface area contributed by atoms with Gasteiger partial charge < -0.3 is 10.1 Å². The Kier molecular flexibility index (Phi) is 2.69. The average Bonchev–Trinajstić information content (AvgIpc) is 2.16. The second-order valence-corrected chi connectivity index (χ2v) is 2.32. The Bertz CT molecular complexity index is 284. The molecule has 0 aliphatic carbocycles. The summed E-state index contributed by atoms with van der Waals surface area (Å²) in [5.74, 6) is 0.691. The predicted octanol–water partition coefficient (Wildman–Crippen LogP) is 1.55. The monoisotopic (exact) mass is 165 g/mol. The van der Waals surface area contributed by atoms with Crippen molar-refractivity contribution < 1.29 is 9.53 Å². The van der Waals surface area contributed by atoms with Gasteiger partial charge >= 0.3 is 0 Å². The van der Waals surface area contributed by atoms with E-state index in [1.165, 1.54) is 0 Å². The van der Waals surface area contributed by atoms with Gasteiger partial charge in [-0.2, -0.15) is 0 Å². The maximum absolute atomic E-state index is 10.6. The summed E-state index contributed by atoms with van der Waals surface area (Å²) in [6, 6.07) is 5.31. The van der Waals surface area contributed by atoms with Gasteiger partial charge in [0.1, 0.15) is 5.75 Å². The van der Waals surface area contributed by atoms with Gasteiger partial charge in [0.05, 0.1) is 7.11 Å². The van der Waals surface area contributed by atoms with E-state index >= 15 is 0 Å². The number of hydrogen-bond acceptors (Lipinski definition) is 3. The summed E-state index contributed by atoms with van der Waals surface area (Å²) >= 11 is 0. The van der Waals surface area contributed by atoms with E-state index in [-0.39, 0.29) is 0 Å². The quantitative estimate of drug-likeness (QED) is 0.690. The van der Waals surface area contributed by atoms with Crippen LogP contribution in [0.5, 0.6) is 5.75 Å². The summed E-state index contributed by atoms with van der Waals surface area (Å²) in [6.45, 7) is 0. The van der Waals surface area contributed by atoms with Crippen LogP contribution in [0.3, 0.4) is 0 Å². The zero-order chi connectivity index (χ0) is 8.97. The minimum Gasteiger partial charge on any atom is -0.497 e. The first-order chi connectivity index (χ1) is 5.81. The molecule has 0 bridgehead atoms. The van der Waals surface area contributed by atoms with Crippen LogP contribution in [0.1, 0.15) is 10.4 Å². The van der Waals surface area contributed by atoms with E-state index in [4.69, 9.17) is 4.74 Å². The van der Waals surface area contributed by atoms with Crippen molar-refractivity contribution in [2.45, 2.75) is 0 Å². The SMILES string of the molecule is CNc1ccc(OC)cc1C=O. The molecule has 0 aliphatic heterocycles. The number of anilines is 1. The van der Waals surface area contributed by atoms with Crippen molar-refractivity contribution in [2.75, 3.05) is 19.5 Å². The summed E-state index contributed by atoms with van der Waals surface area (Å²) in [5.41, 5.74) is 1.42. The molecule has 12 heavy (non-hydrogen) atoms. The molecule has 1 aromatic rings. The van der Waals surface area contributed by atoms with Crippen molar-refractivity contribution in [3.05, 3.63) is 23.8 Å². The van der Waals surface area contributed by atoms with E-state index in [9.17, 15) is 4.79 Å². The van der Waals surface area contributed by atoms with Gasteiger partial charge in [-0.15, -0.1) is 0 Å². The molecule has 0 saturated carbocycles. The number of methoxy groups -OCH3 is 1. The molecule has 3 nitrogen and oxygen atoms in total. The number of hydrogen-bond donors (Lipinski definition) is 1. The molecule has 0 aliphatic rings. The molecule has 3 heteroatoms. The standard InChI is InChI=1S/C9H11NO2/c1-10-9-4-3-8(12-2)5-7(9)6-11/h3-6,10H,1-2H3. The first-order valence-electron chi connectivity index (χ1n) is 3.62. The molecule has 0 amide bonds. The van der Waals surface area contributed by atoms with Crippen LogP contribution in [0.2, 0.25) is 0 Å². The van der Waals surface area contributed by atoms with Crippen LogP contribution >= 0.6 is 0 Å². The third-order valence-electron chi connectivity index (χ3n) is 1.66. The highest BCUT2D eigenvalue weighted by molar-refractivity contribution is 5.84. The number of rotatable bonds is 3. The number of benzene rings is 1. The lowest BCUT2D eigenvalue weighted by molar-refractivity contribution is 0.112. The zero-order valence-electron chi connectivity index (χ0n) is 7.13. The fourth-order valence-corrected chi connectivity index (χ4v) is 0.993. The van der Waals surface area contributed by atoms with Crippen LogP contribution < -0.4 is 10.1 Å². The van der Waals surface area contributed by atoms with E-state index in [1.807, 2.05) is 6.07 Å². The predicted molar refractivity (Wildman–Crippen MR) is 47.9 cm³/mol. The van der Waals surface area contributed by atoms with Crippen LogP contribution in [0.4, 0.5) is 5.69 Å². The van der Waals surface area contributed by atoms with Crippen molar-refractivity contribution >= 4 is 12.0 Å². The number of carbonyl (C=O) groups excluding carboxylic acids is 1. The first kappa shape index (κ1) is 8.59. The van der Waals surface area contributed by atoms with Gasteiger partial charge in [-0.1, -0.05) is 0 Å². The minimum absolute atomic E-state index is 0.608. The Morgan fingerprint density at radius 2 is 2.25 bits per heavy atom. The molecule has 0 saturated heterocycles.